The Balaban J connectivity index is 1.56. The van der Waals surface area contributed by atoms with Crippen molar-refractivity contribution in [1.29, 1.82) is 0 Å². The molecule has 3 rings (SSSR count). The molecule has 7 heteroatoms. The van der Waals surface area contributed by atoms with Gasteiger partial charge in [-0.1, -0.05) is 30.3 Å². The van der Waals surface area contributed by atoms with Gasteiger partial charge in [-0.15, -0.1) is 0 Å². The van der Waals surface area contributed by atoms with E-state index in [-0.39, 0.29) is 0 Å². The number of nitrogens with zero attached hydrogens (tertiary/aromatic N) is 6. The molecule has 1 N–H and O–H groups in total. The van der Waals surface area contributed by atoms with Gasteiger partial charge >= 0.3 is 0 Å². The summed E-state index contributed by atoms with van der Waals surface area (Å²) in [4.78, 5) is 20.0. The quantitative estimate of drug-likeness (QED) is 0.638. The fourth-order valence-corrected chi connectivity index (χ4v) is 3.37. The summed E-state index contributed by atoms with van der Waals surface area (Å²) < 4.78 is 0. The fourth-order valence-electron chi connectivity index (χ4n) is 3.37. The first-order valence-electron chi connectivity index (χ1n) is 9.38. The molecule has 1 aromatic heterocycles. The standard InChI is InChI=1S/C20H29N7/c1-21-19(24-16-18(25(2)3)17-8-5-4-6-9-17)26-12-14-27(15-13-26)20-22-10-7-11-23-20/h4-11,18H,12-16H2,1-3H3,(H,21,24). The largest absolute Gasteiger partial charge is 0.354 e. The van der Waals surface area contributed by atoms with E-state index in [4.69, 9.17) is 0 Å². The van der Waals surface area contributed by atoms with E-state index in [1.54, 1.807) is 12.4 Å². The van der Waals surface area contributed by atoms with Crippen LogP contribution < -0.4 is 10.2 Å². The van der Waals surface area contributed by atoms with Gasteiger partial charge < -0.3 is 20.0 Å². The van der Waals surface area contributed by atoms with E-state index < -0.39 is 0 Å². The lowest BCUT2D eigenvalue weighted by molar-refractivity contribution is 0.292. The summed E-state index contributed by atoms with van der Waals surface area (Å²) in [5.41, 5.74) is 1.30. The van der Waals surface area contributed by atoms with Crippen molar-refractivity contribution in [2.45, 2.75) is 6.04 Å². The molecule has 0 radical (unpaired) electrons. The number of benzene rings is 1. The van der Waals surface area contributed by atoms with Crippen molar-refractivity contribution in [3.8, 4) is 0 Å². The minimum Gasteiger partial charge on any atom is -0.354 e. The van der Waals surface area contributed by atoms with Crippen LogP contribution in [-0.4, -0.2) is 79.6 Å². The lowest BCUT2D eigenvalue weighted by Crippen LogP contribution is -2.53. The first kappa shape index (κ1) is 19.1. The molecule has 27 heavy (non-hydrogen) atoms. The van der Waals surface area contributed by atoms with Gasteiger partial charge in [-0.3, -0.25) is 4.99 Å². The smallest absolute Gasteiger partial charge is 0.225 e. The number of anilines is 1. The zero-order chi connectivity index (χ0) is 19.1. The van der Waals surface area contributed by atoms with Crippen molar-refractivity contribution in [3.05, 3.63) is 54.4 Å². The highest BCUT2D eigenvalue weighted by atomic mass is 15.4. The Morgan fingerprint density at radius 2 is 1.74 bits per heavy atom. The summed E-state index contributed by atoms with van der Waals surface area (Å²) in [6.07, 6.45) is 3.58. The molecule has 7 nitrogen and oxygen atoms in total. The summed E-state index contributed by atoms with van der Waals surface area (Å²) >= 11 is 0. The highest BCUT2D eigenvalue weighted by Gasteiger charge is 2.22. The van der Waals surface area contributed by atoms with Gasteiger partial charge in [0.1, 0.15) is 0 Å². The molecule has 0 bridgehead atoms. The summed E-state index contributed by atoms with van der Waals surface area (Å²) in [7, 11) is 6.07. The van der Waals surface area contributed by atoms with Crippen LogP contribution in [0.1, 0.15) is 11.6 Å². The second-order valence-corrected chi connectivity index (χ2v) is 6.84. The molecule has 144 valence electrons. The maximum atomic E-state index is 4.50. The summed E-state index contributed by atoms with van der Waals surface area (Å²) in [6, 6.07) is 12.7. The van der Waals surface area contributed by atoms with Crippen LogP contribution in [0.4, 0.5) is 5.95 Å². The Morgan fingerprint density at radius 1 is 1.07 bits per heavy atom. The lowest BCUT2D eigenvalue weighted by atomic mass is 10.1. The van der Waals surface area contributed by atoms with Crippen LogP contribution >= 0.6 is 0 Å². The predicted octanol–water partition coefficient (Wildman–Crippen LogP) is 1.48. The number of nitrogens with one attached hydrogen (secondary N) is 1. The van der Waals surface area contributed by atoms with Crippen molar-refractivity contribution in [1.82, 2.24) is 25.1 Å². The third-order valence-electron chi connectivity index (χ3n) is 4.89. The van der Waals surface area contributed by atoms with Crippen molar-refractivity contribution in [2.75, 3.05) is 58.8 Å². The highest BCUT2D eigenvalue weighted by Crippen LogP contribution is 2.17. The molecular formula is C20H29N7. The minimum absolute atomic E-state index is 0.293. The van der Waals surface area contributed by atoms with Gasteiger partial charge in [-0.2, -0.15) is 0 Å². The number of aliphatic imine (C=N–C) groups is 1. The van der Waals surface area contributed by atoms with Crippen LogP contribution in [0.2, 0.25) is 0 Å². The average molecular weight is 368 g/mol. The van der Waals surface area contributed by atoms with Gasteiger partial charge in [0.2, 0.25) is 5.95 Å². The second-order valence-electron chi connectivity index (χ2n) is 6.84. The van der Waals surface area contributed by atoms with Crippen LogP contribution in [-0.2, 0) is 0 Å². The molecule has 2 aromatic rings. The van der Waals surface area contributed by atoms with Gasteiger partial charge in [-0.05, 0) is 25.7 Å². The molecular weight excluding hydrogens is 338 g/mol. The molecule has 1 saturated heterocycles. The molecule has 0 amide bonds. The maximum Gasteiger partial charge on any atom is 0.225 e. The van der Waals surface area contributed by atoms with E-state index in [0.29, 0.717) is 6.04 Å². The van der Waals surface area contributed by atoms with Gasteiger partial charge in [0.05, 0.1) is 6.04 Å². The van der Waals surface area contributed by atoms with Crippen molar-refractivity contribution in [3.63, 3.8) is 0 Å². The molecule has 0 aliphatic carbocycles. The van der Waals surface area contributed by atoms with Crippen LogP contribution in [0.25, 0.3) is 0 Å². The Morgan fingerprint density at radius 3 is 2.33 bits per heavy atom. The summed E-state index contributed by atoms with van der Waals surface area (Å²) in [5.74, 6) is 1.75. The molecule has 0 spiro atoms. The fraction of sp³-hybridized carbons (Fsp3) is 0.450. The van der Waals surface area contributed by atoms with Crippen molar-refractivity contribution >= 4 is 11.9 Å². The van der Waals surface area contributed by atoms with Gasteiger partial charge in [-0.25, -0.2) is 9.97 Å². The SMILES string of the molecule is CN=C(NCC(c1ccccc1)N(C)C)N1CCN(c2ncccn2)CC1. The highest BCUT2D eigenvalue weighted by molar-refractivity contribution is 5.80. The first-order chi connectivity index (χ1) is 13.2. The van der Waals surface area contributed by atoms with Crippen LogP contribution in [0, 0.1) is 0 Å². The van der Waals surface area contributed by atoms with Crippen LogP contribution in [0.5, 0.6) is 0 Å². The number of guanidine groups is 1. The van der Waals surface area contributed by atoms with E-state index in [1.807, 2.05) is 13.1 Å². The predicted molar refractivity (Wildman–Crippen MR) is 110 cm³/mol. The molecule has 1 unspecified atom stereocenters. The number of hydrogen-bond donors (Lipinski definition) is 1. The third kappa shape index (κ3) is 4.95. The lowest BCUT2D eigenvalue weighted by Gasteiger charge is -2.37. The van der Waals surface area contributed by atoms with E-state index in [0.717, 1.165) is 44.6 Å². The van der Waals surface area contributed by atoms with Crippen molar-refractivity contribution in [2.24, 2.45) is 4.99 Å². The Hall–Kier alpha value is -2.67. The molecule has 1 aliphatic heterocycles. The first-order valence-corrected chi connectivity index (χ1v) is 9.38. The third-order valence-corrected chi connectivity index (χ3v) is 4.89. The van der Waals surface area contributed by atoms with Gasteiger partial charge in [0.15, 0.2) is 5.96 Å². The average Bonchev–Trinajstić information content (AvgIpc) is 2.72. The molecule has 1 atom stereocenters. The summed E-state index contributed by atoms with van der Waals surface area (Å²) in [6.45, 7) is 4.39. The second kappa shape index (κ2) is 9.32. The van der Waals surface area contributed by atoms with Gasteiger partial charge in [0, 0.05) is 52.2 Å². The zero-order valence-corrected chi connectivity index (χ0v) is 16.4. The maximum absolute atomic E-state index is 4.50. The van der Waals surface area contributed by atoms with E-state index in [1.165, 1.54) is 5.56 Å². The Labute approximate surface area is 161 Å². The van der Waals surface area contributed by atoms with Gasteiger partial charge in [0.25, 0.3) is 0 Å². The normalized spacial score (nSPS) is 16.5. The topological polar surface area (TPSA) is 59.9 Å². The van der Waals surface area contributed by atoms with Crippen LogP contribution in [0.15, 0.2) is 53.8 Å². The zero-order valence-electron chi connectivity index (χ0n) is 16.4. The molecule has 2 heterocycles. The number of likely N-dealkylation sites (N-methyl/N-ethyl adjacent to an activating group) is 1. The monoisotopic (exact) mass is 367 g/mol. The van der Waals surface area contributed by atoms with E-state index >= 15 is 0 Å². The van der Waals surface area contributed by atoms with E-state index in [9.17, 15) is 0 Å². The summed E-state index contributed by atoms with van der Waals surface area (Å²) in [5, 5.41) is 3.56. The molecule has 1 fully saturated rings. The number of rotatable bonds is 5. The molecule has 1 aliphatic rings. The number of hydrogen-bond acceptors (Lipinski definition) is 5. The van der Waals surface area contributed by atoms with Crippen molar-refractivity contribution < 1.29 is 0 Å². The molecule has 1 aromatic carbocycles. The Kier molecular flexibility index (Phi) is 6.59. The minimum atomic E-state index is 0.293. The Bertz CT molecular complexity index is 710. The van der Waals surface area contributed by atoms with Crippen LogP contribution in [0.3, 0.4) is 0 Å². The number of aromatic nitrogens is 2. The van der Waals surface area contributed by atoms with E-state index in [2.05, 4.69) is 79.4 Å². The number of piperazine rings is 1. The molecule has 0 saturated carbocycles.